The number of fused-ring (bicyclic) bond motifs is 2. The van der Waals surface area contributed by atoms with E-state index in [9.17, 15) is 9.90 Å². The molecule has 0 amide bonds. The monoisotopic (exact) mass is 422 g/mol. The molecule has 2 aliphatic carbocycles. The van der Waals surface area contributed by atoms with Crippen LogP contribution in [0, 0.1) is 5.92 Å². The van der Waals surface area contributed by atoms with Crippen LogP contribution in [0.4, 0.5) is 0 Å². The molecule has 2 atom stereocenters. The van der Waals surface area contributed by atoms with Crippen molar-refractivity contribution in [1.29, 1.82) is 0 Å². The lowest BCUT2D eigenvalue weighted by Gasteiger charge is -2.30. The SMILES string of the molecule is COc1cc(/C=C/C(=O)C2Cc3cc4c(cc3CC2O)CCCC4)cc(OC)c1OC. The quantitative estimate of drug-likeness (QED) is 0.714. The number of aliphatic hydroxyl groups excluding tert-OH is 1. The first-order valence-electron chi connectivity index (χ1n) is 10.9. The molecule has 164 valence electrons. The summed E-state index contributed by atoms with van der Waals surface area (Å²) in [6.07, 6.45) is 8.46. The van der Waals surface area contributed by atoms with Gasteiger partial charge >= 0.3 is 0 Å². The van der Waals surface area contributed by atoms with Crippen molar-refractivity contribution in [3.63, 3.8) is 0 Å². The minimum Gasteiger partial charge on any atom is -0.493 e. The van der Waals surface area contributed by atoms with Gasteiger partial charge < -0.3 is 19.3 Å². The van der Waals surface area contributed by atoms with E-state index >= 15 is 0 Å². The number of aliphatic hydroxyl groups is 1. The molecule has 5 heteroatoms. The summed E-state index contributed by atoms with van der Waals surface area (Å²) in [6, 6.07) is 8.13. The summed E-state index contributed by atoms with van der Waals surface area (Å²) in [7, 11) is 4.67. The molecule has 0 saturated heterocycles. The van der Waals surface area contributed by atoms with Gasteiger partial charge in [0.25, 0.3) is 0 Å². The fraction of sp³-hybridized carbons (Fsp3) is 0.423. The van der Waals surface area contributed by atoms with Crippen molar-refractivity contribution in [1.82, 2.24) is 0 Å². The van der Waals surface area contributed by atoms with Gasteiger partial charge in [-0.05, 0) is 84.6 Å². The summed E-state index contributed by atoms with van der Waals surface area (Å²) < 4.78 is 16.1. The number of carbonyl (C=O) groups is 1. The van der Waals surface area contributed by atoms with Crippen LogP contribution in [0.25, 0.3) is 6.08 Å². The maximum absolute atomic E-state index is 13.0. The summed E-state index contributed by atoms with van der Waals surface area (Å²) >= 11 is 0. The first-order valence-corrected chi connectivity index (χ1v) is 10.9. The fourth-order valence-electron chi connectivity index (χ4n) is 4.80. The maximum Gasteiger partial charge on any atom is 0.203 e. The molecule has 2 aromatic rings. The summed E-state index contributed by atoms with van der Waals surface area (Å²) in [5.41, 5.74) is 6.02. The second-order valence-corrected chi connectivity index (χ2v) is 8.37. The Balaban J connectivity index is 1.54. The minimum atomic E-state index is -0.661. The summed E-state index contributed by atoms with van der Waals surface area (Å²) in [4.78, 5) is 13.0. The van der Waals surface area contributed by atoms with Gasteiger partial charge in [-0.3, -0.25) is 4.79 Å². The Morgan fingerprint density at radius 3 is 2.00 bits per heavy atom. The van der Waals surface area contributed by atoms with Crippen LogP contribution in [0.2, 0.25) is 0 Å². The molecule has 0 aromatic heterocycles. The van der Waals surface area contributed by atoms with Crippen LogP contribution in [0.3, 0.4) is 0 Å². The van der Waals surface area contributed by atoms with E-state index in [1.54, 1.807) is 45.6 Å². The van der Waals surface area contributed by atoms with Crippen molar-refractivity contribution >= 4 is 11.9 Å². The molecule has 0 saturated carbocycles. The largest absolute Gasteiger partial charge is 0.493 e. The van der Waals surface area contributed by atoms with Crippen molar-refractivity contribution in [2.24, 2.45) is 5.92 Å². The van der Waals surface area contributed by atoms with Crippen LogP contribution in [-0.4, -0.2) is 38.3 Å². The van der Waals surface area contributed by atoms with E-state index in [4.69, 9.17) is 14.2 Å². The molecule has 0 spiro atoms. The predicted octanol–water partition coefficient (Wildman–Crippen LogP) is 3.95. The Bertz CT molecular complexity index is 982. The third-order valence-electron chi connectivity index (χ3n) is 6.49. The van der Waals surface area contributed by atoms with Gasteiger partial charge in [-0.2, -0.15) is 0 Å². The molecule has 4 rings (SSSR count). The van der Waals surface area contributed by atoms with Crippen molar-refractivity contribution < 1.29 is 24.1 Å². The van der Waals surface area contributed by atoms with Crippen LogP contribution in [-0.2, 0) is 30.5 Å². The minimum absolute atomic E-state index is 0.0652. The highest BCUT2D eigenvalue weighted by Gasteiger charge is 2.32. The van der Waals surface area contributed by atoms with Gasteiger partial charge in [0, 0.05) is 0 Å². The van der Waals surface area contributed by atoms with Crippen LogP contribution in [0.1, 0.15) is 40.7 Å². The first kappa shape index (κ1) is 21.4. The van der Waals surface area contributed by atoms with E-state index in [-0.39, 0.29) is 5.78 Å². The zero-order chi connectivity index (χ0) is 22.0. The van der Waals surface area contributed by atoms with E-state index in [0.29, 0.717) is 30.1 Å². The summed E-state index contributed by atoms with van der Waals surface area (Å²) in [5.74, 6) is 1.09. The number of ketones is 1. The van der Waals surface area contributed by atoms with Crippen molar-refractivity contribution in [2.75, 3.05) is 21.3 Å². The number of methoxy groups -OCH3 is 3. The van der Waals surface area contributed by atoms with E-state index in [2.05, 4.69) is 12.1 Å². The van der Waals surface area contributed by atoms with Crippen molar-refractivity contribution in [3.05, 3.63) is 58.2 Å². The van der Waals surface area contributed by atoms with Gasteiger partial charge in [-0.25, -0.2) is 0 Å². The zero-order valence-electron chi connectivity index (χ0n) is 18.4. The molecule has 2 unspecified atom stereocenters. The zero-order valence-corrected chi connectivity index (χ0v) is 18.4. The van der Waals surface area contributed by atoms with E-state index in [1.165, 1.54) is 35.1 Å². The van der Waals surface area contributed by atoms with E-state index in [0.717, 1.165) is 18.4 Å². The lowest BCUT2D eigenvalue weighted by Crippen LogP contribution is -2.35. The lowest BCUT2D eigenvalue weighted by molar-refractivity contribution is -0.121. The van der Waals surface area contributed by atoms with Crippen LogP contribution < -0.4 is 14.2 Å². The van der Waals surface area contributed by atoms with Gasteiger partial charge in [0.05, 0.1) is 33.4 Å². The molecular weight excluding hydrogens is 392 g/mol. The standard InChI is InChI=1S/C26H30O5/c1-29-24-10-16(11-25(30-2)26(24)31-3)8-9-22(27)21-14-19-12-17-6-4-5-7-18(17)13-20(19)15-23(21)28/h8-13,21,23,28H,4-7,14-15H2,1-3H3/b9-8+. The van der Waals surface area contributed by atoms with Gasteiger partial charge in [-0.15, -0.1) is 0 Å². The van der Waals surface area contributed by atoms with Crippen LogP contribution in [0.15, 0.2) is 30.3 Å². The molecule has 2 aromatic carbocycles. The highest BCUT2D eigenvalue weighted by Crippen LogP contribution is 2.38. The molecule has 0 bridgehead atoms. The lowest BCUT2D eigenvalue weighted by atomic mass is 9.76. The number of ether oxygens (including phenoxy) is 3. The number of allylic oxidation sites excluding steroid dienone is 1. The Hall–Kier alpha value is -2.79. The number of benzene rings is 2. The Kier molecular flexibility index (Phi) is 6.33. The molecule has 0 radical (unpaired) electrons. The predicted molar refractivity (Wildman–Crippen MR) is 120 cm³/mol. The third kappa shape index (κ3) is 4.33. The molecule has 2 aliphatic rings. The van der Waals surface area contributed by atoms with E-state index in [1.807, 2.05) is 0 Å². The van der Waals surface area contributed by atoms with Gasteiger partial charge in [0.15, 0.2) is 17.3 Å². The number of hydrogen-bond acceptors (Lipinski definition) is 5. The molecule has 0 aliphatic heterocycles. The average Bonchev–Trinajstić information content (AvgIpc) is 2.79. The van der Waals surface area contributed by atoms with Crippen LogP contribution in [0.5, 0.6) is 17.2 Å². The molecular formula is C26H30O5. The molecule has 5 nitrogen and oxygen atoms in total. The van der Waals surface area contributed by atoms with Crippen molar-refractivity contribution in [3.8, 4) is 17.2 Å². The molecule has 1 N–H and O–H groups in total. The fourth-order valence-corrected chi connectivity index (χ4v) is 4.80. The highest BCUT2D eigenvalue weighted by atomic mass is 16.5. The number of rotatable bonds is 6. The second-order valence-electron chi connectivity index (χ2n) is 8.37. The number of carbonyl (C=O) groups excluding carboxylic acids is 1. The molecule has 0 heterocycles. The Morgan fingerprint density at radius 2 is 1.45 bits per heavy atom. The molecule has 31 heavy (non-hydrogen) atoms. The van der Waals surface area contributed by atoms with Crippen LogP contribution >= 0.6 is 0 Å². The van der Waals surface area contributed by atoms with Gasteiger partial charge in [-0.1, -0.05) is 18.2 Å². The second kappa shape index (κ2) is 9.15. The number of hydrogen-bond donors (Lipinski definition) is 1. The van der Waals surface area contributed by atoms with Gasteiger partial charge in [0.2, 0.25) is 5.75 Å². The normalized spacial score (nSPS) is 20.1. The van der Waals surface area contributed by atoms with Crippen molar-refractivity contribution in [2.45, 2.75) is 44.6 Å². The summed E-state index contributed by atoms with van der Waals surface area (Å²) in [6.45, 7) is 0. The average molecular weight is 423 g/mol. The smallest absolute Gasteiger partial charge is 0.203 e. The van der Waals surface area contributed by atoms with Gasteiger partial charge in [0.1, 0.15) is 0 Å². The number of aryl methyl sites for hydroxylation is 2. The Morgan fingerprint density at radius 1 is 0.871 bits per heavy atom. The Labute approximate surface area is 183 Å². The topological polar surface area (TPSA) is 65.0 Å². The highest BCUT2D eigenvalue weighted by molar-refractivity contribution is 5.96. The first-order chi connectivity index (χ1) is 15.0. The maximum atomic E-state index is 13.0. The summed E-state index contributed by atoms with van der Waals surface area (Å²) in [5, 5.41) is 10.7. The third-order valence-corrected chi connectivity index (χ3v) is 6.49. The van der Waals surface area contributed by atoms with E-state index < -0.39 is 12.0 Å². The molecule has 0 fully saturated rings.